The van der Waals surface area contributed by atoms with E-state index in [0.717, 1.165) is 25.3 Å². The molecule has 0 spiro atoms. The highest BCUT2D eigenvalue weighted by molar-refractivity contribution is 5.84. The Hall–Kier alpha value is -2.07. The van der Waals surface area contributed by atoms with Crippen LogP contribution in [-0.4, -0.2) is 18.9 Å². The largest absolute Gasteiger partial charge is 0.372 e. The monoisotopic (exact) mass is 186 g/mol. The molecule has 0 fully saturated rings. The lowest BCUT2D eigenvalue weighted by molar-refractivity contribution is 0.955. The number of rotatable bonds is 3. The van der Waals surface area contributed by atoms with Crippen LogP contribution in [0.15, 0.2) is 28.8 Å². The Bertz CT molecular complexity index is 347. The molecule has 70 valence electrons. The van der Waals surface area contributed by atoms with Gasteiger partial charge in [0.15, 0.2) is 0 Å². The van der Waals surface area contributed by atoms with Crippen LogP contribution < -0.4 is 5.32 Å². The molecule has 0 bridgehead atoms. The van der Waals surface area contributed by atoms with Gasteiger partial charge in [-0.1, -0.05) is 12.2 Å². The van der Waals surface area contributed by atoms with Crippen LogP contribution in [0.1, 0.15) is 6.42 Å². The van der Waals surface area contributed by atoms with Crippen molar-refractivity contribution in [3.63, 3.8) is 0 Å². The van der Waals surface area contributed by atoms with Gasteiger partial charge >= 0.3 is 0 Å². The quantitative estimate of drug-likeness (QED) is 0.526. The van der Waals surface area contributed by atoms with Crippen LogP contribution in [0.4, 0.5) is 0 Å². The molecule has 0 amide bonds. The van der Waals surface area contributed by atoms with E-state index in [1.165, 1.54) is 6.08 Å². The summed E-state index contributed by atoms with van der Waals surface area (Å²) in [6.07, 6.45) is 5.78. The molecule has 4 heteroatoms. The number of nitrogens with zero attached hydrogens (tertiary/aromatic N) is 3. The Balaban J connectivity index is 2.38. The van der Waals surface area contributed by atoms with Gasteiger partial charge < -0.3 is 5.32 Å². The maximum atomic E-state index is 8.43. The van der Waals surface area contributed by atoms with Gasteiger partial charge in [-0.25, -0.2) is 0 Å². The Morgan fingerprint density at radius 2 is 2.29 bits per heavy atom. The van der Waals surface area contributed by atoms with Crippen LogP contribution in [0, 0.1) is 22.7 Å². The third-order valence-electron chi connectivity index (χ3n) is 1.69. The van der Waals surface area contributed by atoms with Crippen LogP contribution in [0.3, 0.4) is 0 Å². The van der Waals surface area contributed by atoms with Crippen molar-refractivity contribution in [1.29, 1.82) is 10.5 Å². The topological polar surface area (TPSA) is 72.0 Å². The molecule has 1 N–H and O–H groups in total. The molecule has 0 atom stereocenters. The van der Waals surface area contributed by atoms with Crippen molar-refractivity contribution in [3.05, 3.63) is 23.8 Å². The second-order valence-electron chi connectivity index (χ2n) is 2.69. The fourth-order valence-corrected chi connectivity index (χ4v) is 1.03. The molecule has 1 rings (SSSR count). The number of amidine groups is 1. The number of hydrogen-bond donors (Lipinski definition) is 1. The van der Waals surface area contributed by atoms with Gasteiger partial charge in [-0.05, 0) is 6.08 Å². The van der Waals surface area contributed by atoms with Crippen LogP contribution in [0.5, 0.6) is 0 Å². The van der Waals surface area contributed by atoms with Crippen molar-refractivity contribution in [2.45, 2.75) is 6.42 Å². The van der Waals surface area contributed by atoms with Crippen molar-refractivity contribution in [2.24, 2.45) is 4.99 Å². The first kappa shape index (κ1) is 10.0. The molecule has 1 aliphatic rings. The van der Waals surface area contributed by atoms with Crippen LogP contribution in [0.2, 0.25) is 0 Å². The van der Waals surface area contributed by atoms with Gasteiger partial charge in [0.2, 0.25) is 0 Å². The fraction of sp³-hybridized carbons (Fsp3) is 0.300. The summed E-state index contributed by atoms with van der Waals surface area (Å²) in [5, 5.41) is 20.0. The molecule has 1 heterocycles. The molecule has 4 nitrogen and oxygen atoms in total. The molecule has 0 unspecified atom stereocenters. The lowest BCUT2D eigenvalue weighted by Crippen LogP contribution is -2.17. The zero-order valence-corrected chi connectivity index (χ0v) is 7.70. The van der Waals surface area contributed by atoms with Crippen molar-refractivity contribution in [2.75, 3.05) is 13.1 Å². The van der Waals surface area contributed by atoms with Crippen LogP contribution >= 0.6 is 0 Å². The summed E-state index contributed by atoms with van der Waals surface area (Å²) in [4.78, 5) is 4.20. The second kappa shape index (κ2) is 5.55. The zero-order chi connectivity index (χ0) is 10.2. The highest BCUT2D eigenvalue weighted by atomic mass is 15.1. The van der Waals surface area contributed by atoms with E-state index in [-0.39, 0.29) is 5.57 Å². The van der Waals surface area contributed by atoms with Crippen molar-refractivity contribution >= 4 is 5.84 Å². The van der Waals surface area contributed by atoms with Gasteiger partial charge in [0, 0.05) is 13.0 Å². The average molecular weight is 186 g/mol. The highest BCUT2D eigenvalue weighted by Gasteiger charge is 2.00. The summed E-state index contributed by atoms with van der Waals surface area (Å²) in [5.41, 5.74) is 0.113. The number of nitrogens with one attached hydrogen (secondary N) is 1. The molecule has 0 saturated carbocycles. The molecule has 1 aliphatic heterocycles. The minimum atomic E-state index is 0.113. The SMILES string of the molecule is N#CC(C#N)=CC=CCC1=NCCN1. The van der Waals surface area contributed by atoms with E-state index in [2.05, 4.69) is 10.3 Å². The third kappa shape index (κ3) is 3.12. The molecular weight excluding hydrogens is 176 g/mol. The Morgan fingerprint density at radius 3 is 2.86 bits per heavy atom. The Morgan fingerprint density at radius 1 is 1.50 bits per heavy atom. The minimum Gasteiger partial charge on any atom is -0.372 e. The predicted molar refractivity (Wildman–Crippen MR) is 53.4 cm³/mol. The van der Waals surface area contributed by atoms with E-state index >= 15 is 0 Å². The maximum absolute atomic E-state index is 8.43. The summed E-state index contributed by atoms with van der Waals surface area (Å²) >= 11 is 0. The molecule has 0 radical (unpaired) electrons. The fourth-order valence-electron chi connectivity index (χ4n) is 1.03. The van der Waals surface area contributed by atoms with E-state index in [4.69, 9.17) is 10.5 Å². The Labute approximate surface area is 82.9 Å². The summed E-state index contributed by atoms with van der Waals surface area (Å²) in [6.45, 7) is 1.74. The number of hydrogen-bond acceptors (Lipinski definition) is 4. The number of aliphatic imine (C=N–C) groups is 1. The zero-order valence-electron chi connectivity index (χ0n) is 7.70. The molecule has 0 aliphatic carbocycles. The lowest BCUT2D eigenvalue weighted by Gasteiger charge is -1.94. The molecular formula is C10H10N4. The van der Waals surface area contributed by atoms with E-state index in [0.29, 0.717) is 0 Å². The number of nitriles is 2. The lowest BCUT2D eigenvalue weighted by atomic mass is 10.2. The molecule has 0 aromatic carbocycles. The standard InChI is InChI=1S/C10H10N4/c11-7-9(8-12)3-1-2-4-10-13-5-6-14-10/h1-3H,4-6H2,(H,13,14). The summed E-state index contributed by atoms with van der Waals surface area (Å²) in [5.74, 6) is 0.963. The van der Waals surface area contributed by atoms with Gasteiger partial charge in [0.05, 0.1) is 6.54 Å². The van der Waals surface area contributed by atoms with Crippen molar-refractivity contribution in [3.8, 4) is 12.1 Å². The van der Waals surface area contributed by atoms with Gasteiger partial charge in [-0.15, -0.1) is 0 Å². The third-order valence-corrected chi connectivity index (χ3v) is 1.69. The summed E-state index contributed by atoms with van der Waals surface area (Å²) in [6, 6.07) is 3.57. The van der Waals surface area contributed by atoms with E-state index in [1.807, 2.05) is 6.08 Å². The molecule has 0 aromatic heterocycles. The summed E-state index contributed by atoms with van der Waals surface area (Å²) in [7, 11) is 0. The van der Waals surface area contributed by atoms with Gasteiger partial charge in [-0.3, -0.25) is 4.99 Å². The number of allylic oxidation sites excluding steroid dienone is 3. The molecule has 0 saturated heterocycles. The van der Waals surface area contributed by atoms with Gasteiger partial charge in [0.25, 0.3) is 0 Å². The second-order valence-corrected chi connectivity index (χ2v) is 2.69. The average Bonchev–Trinajstić information content (AvgIpc) is 2.71. The minimum absolute atomic E-state index is 0.113. The van der Waals surface area contributed by atoms with E-state index in [9.17, 15) is 0 Å². The maximum Gasteiger partial charge on any atom is 0.129 e. The highest BCUT2D eigenvalue weighted by Crippen LogP contribution is 1.94. The van der Waals surface area contributed by atoms with Gasteiger partial charge in [-0.2, -0.15) is 10.5 Å². The van der Waals surface area contributed by atoms with Crippen molar-refractivity contribution in [1.82, 2.24) is 5.32 Å². The van der Waals surface area contributed by atoms with Crippen LogP contribution in [0.25, 0.3) is 0 Å². The first-order valence-electron chi connectivity index (χ1n) is 4.31. The van der Waals surface area contributed by atoms with E-state index in [1.54, 1.807) is 18.2 Å². The Kier molecular flexibility index (Phi) is 3.97. The summed E-state index contributed by atoms with van der Waals surface area (Å²) < 4.78 is 0. The predicted octanol–water partition coefficient (Wildman–Crippen LogP) is 0.908. The molecule has 14 heavy (non-hydrogen) atoms. The normalized spacial score (nSPS) is 14.0. The first-order chi connectivity index (χ1) is 6.86. The van der Waals surface area contributed by atoms with Crippen LogP contribution in [-0.2, 0) is 0 Å². The van der Waals surface area contributed by atoms with Gasteiger partial charge in [0.1, 0.15) is 23.5 Å². The van der Waals surface area contributed by atoms with E-state index < -0.39 is 0 Å². The first-order valence-corrected chi connectivity index (χ1v) is 4.31. The smallest absolute Gasteiger partial charge is 0.129 e. The van der Waals surface area contributed by atoms with Crippen molar-refractivity contribution < 1.29 is 0 Å². The molecule has 0 aromatic rings.